The number of hydrogen-bond acceptors (Lipinski definition) is 4. The third kappa shape index (κ3) is 10.6. The molecule has 0 heterocycles. The fraction of sp³-hybridized carbons (Fsp3) is 0. The molecule has 0 aliphatic heterocycles. The van der Waals surface area contributed by atoms with Crippen molar-refractivity contribution in [3.8, 4) is 0 Å². The molecule has 0 spiro atoms. The van der Waals surface area contributed by atoms with Crippen LogP contribution in [0.2, 0.25) is 0 Å². The van der Waals surface area contributed by atoms with Crippen molar-refractivity contribution >= 4 is 11.9 Å². The normalized spacial score (nSPS) is 5.50. The first-order valence-corrected chi connectivity index (χ1v) is 1.07. The van der Waals surface area contributed by atoms with Crippen molar-refractivity contribution in [2.24, 2.45) is 0 Å². The zero-order valence-electron chi connectivity index (χ0n) is 4.13. The van der Waals surface area contributed by atoms with Gasteiger partial charge in [-0.05, 0) is 0 Å². The van der Waals surface area contributed by atoms with E-state index < -0.39 is 11.9 Å². The van der Waals surface area contributed by atoms with Gasteiger partial charge in [0.1, 0.15) is 0 Å². The van der Waals surface area contributed by atoms with Crippen LogP contribution in [0.4, 0.5) is 0 Å². The second-order valence-electron chi connectivity index (χ2n) is 0.575. The molecular weight excluding hydrogens is 269 g/mol. The molecule has 0 unspecified atom stereocenters. The Kier molecular flexibility index (Phi) is 17.8. The van der Waals surface area contributed by atoms with E-state index in [4.69, 9.17) is 19.8 Å². The molecule has 0 fully saturated rings. The Bertz CT molecular complexity index is 80.0. The third-order valence-electron chi connectivity index (χ3n) is 0.167. The van der Waals surface area contributed by atoms with Crippen molar-refractivity contribution in [2.45, 2.75) is 0 Å². The van der Waals surface area contributed by atoms with Gasteiger partial charge in [0.2, 0.25) is 0 Å². The van der Waals surface area contributed by atoms with Gasteiger partial charge in [-0.3, -0.25) is 0 Å². The summed E-state index contributed by atoms with van der Waals surface area (Å²) >= 11 is 0. The van der Waals surface area contributed by atoms with Crippen LogP contribution in [0.5, 0.6) is 0 Å². The van der Waals surface area contributed by atoms with Gasteiger partial charge in [0, 0.05) is 0 Å². The molecule has 34 valence electrons. The maximum atomic E-state index is 8.93. The van der Waals surface area contributed by atoms with Gasteiger partial charge in [-0.25, -0.2) is 0 Å². The number of carbonyl (C=O) groups excluding carboxylic acids is 2. The van der Waals surface area contributed by atoms with E-state index >= 15 is 0 Å². The molecule has 6 heteroatoms. The molecular formula is C2CsO4Ti+3. The van der Waals surface area contributed by atoms with Crippen molar-refractivity contribution in [1.29, 1.82) is 0 Å². The van der Waals surface area contributed by atoms with Gasteiger partial charge < -0.3 is 19.8 Å². The van der Waals surface area contributed by atoms with E-state index in [1.165, 1.54) is 0 Å². The van der Waals surface area contributed by atoms with E-state index in [0.29, 0.717) is 0 Å². The summed E-state index contributed by atoms with van der Waals surface area (Å²) in [6.07, 6.45) is 0. The van der Waals surface area contributed by atoms with Gasteiger partial charge in [0.25, 0.3) is 0 Å². The second kappa shape index (κ2) is 8.71. The first-order valence-electron chi connectivity index (χ1n) is 1.07. The van der Waals surface area contributed by atoms with Gasteiger partial charge in [-0.1, -0.05) is 0 Å². The van der Waals surface area contributed by atoms with E-state index in [2.05, 4.69) is 0 Å². The Balaban J connectivity index is -0.000000125. The monoisotopic (exact) mass is 269 g/mol. The number of carboxylic acid groups (broad SMARTS) is 2. The van der Waals surface area contributed by atoms with Gasteiger partial charge >= 0.3 is 90.6 Å². The zero-order valence-corrected chi connectivity index (χ0v) is 12.0. The Morgan fingerprint density at radius 1 is 1.00 bits per heavy atom. The minimum absolute atomic E-state index is 0. The van der Waals surface area contributed by atoms with Crippen LogP contribution in [0.3, 0.4) is 0 Å². The molecule has 0 radical (unpaired) electrons. The number of rotatable bonds is 0. The van der Waals surface area contributed by atoms with Crippen molar-refractivity contribution < 1.29 is 110 Å². The summed E-state index contributed by atoms with van der Waals surface area (Å²) in [5, 5.41) is 17.9. The molecule has 0 atom stereocenters. The first kappa shape index (κ1) is 16.4. The maximum absolute atomic E-state index is 8.93. The summed E-state index contributed by atoms with van der Waals surface area (Å²) in [4.78, 5) is 17.9. The van der Waals surface area contributed by atoms with Crippen molar-refractivity contribution in [3.05, 3.63) is 0 Å². The molecule has 0 amide bonds. The Hall–Kier alpha value is 1.71. The summed E-state index contributed by atoms with van der Waals surface area (Å²) < 4.78 is 0. The molecule has 0 bridgehead atoms. The molecule has 4 nitrogen and oxygen atoms in total. The zero-order chi connectivity index (χ0) is 5.15. The molecule has 0 aromatic rings. The number of hydrogen-bond donors (Lipinski definition) is 0. The average molecular weight is 269 g/mol. The second-order valence-corrected chi connectivity index (χ2v) is 0.575. The smallest absolute Gasteiger partial charge is 0.543 e. The van der Waals surface area contributed by atoms with Crippen molar-refractivity contribution in [3.63, 3.8) is 0 Å². The molecule has 0 rings (SSSR count). The fourth-order valence-electron chi connectivity index (χ4n) is 0. The number of aliphatic carboxylic acids is 2. The average Bonchev–Trinajstić information content (AvgIpc) is 1.36. The molecule has 0 saturated carbocycles. The maximum Gasteiger partial charge on any atom is 4.00 e. The van der Waals surface area contributed by atoms with Gasteiger partial charge in [0.05, 0.1) is 11.9 Å². The summed E-state index contributed by atoms with van der Waals surface area (Å²) in [6, 6.07) is 0. The van der Waals surface area contributed by atoms with Crippen LogP contribution < -0.4 is 79.1 Å². The van der Waals surface area contributed by atoms with E-state index in [1.807, 2.05) is 0 Å². The minimum atomic E-state index is -2.19. The fourth-order valence-corrected chi connectivity index (χ4v) is 0. The van der Waals surface area contributed by atoms with Crippen LogP contribution in [-0.2, 0) is 31.3 Å². The standard InChI is InChI=1S/C2H2O4.Cs.Ti/c3-1(4)2(5)6;;/h(H,3,4)(H,5,6);;/q;+1;+4/p-2. The summed E-state index contributed by atoms with van der Waals surface area (Å²) in [5.41, 5.74) is 0. The van der Waals surface area contributed by atoms with Gasteiger partial charge in [-0.15, -0.1) is 0 Å². The molecule has 0 aliphatic carbocycles. The summed E-state index contributed by atoms with van der Waals surface area (Å²) in [7, 11) is 0. The molecule has 0 saturated heterocycles. The molecule has 0 aromatic heterocycles. The number of carboxylic acids is 2. The summed E-state index contributed by atoms with van der Waals surface area (Å²) in [6.45, 7) is 0. The predicted octanol–water partition coefficient (Wildman–Crippen LogP) is -6.51. The van der Waals surface area contributed by atoms with E-state index in [0.717, 1.165) is 0 Å². The quantitative estimate of drug-likeness (QED) is 0.323. The van der Waals surface area contributed by atoms with Gasteiger partial charge in [-0.2, -0.15) is 0 Å². The van der Waals surface area contributed by atoms with Crippen LogP contribution in [0.25, 0.3) is 0 Å². The van der Waals surface area contributed by atoms with Crippen LogP contribution >= 0.6 is 0 Å². The molecule has 0 aliphatic rings. The largest absolute Gasteiger partial charge is 4.00 e. The minimum Gasteiger partial charge on any atom is -0.543 e. The Morgan fingerprint density at radius 2 is 1.12 bits per heavy atom. The van der Waals surface area contributed by atoms with Crippen LogP contribution in [0.15, 0.2) is 0 Å². The first-order chi connectivity index (χ1) is 2.64. The van der Waals surface area contributed by atoms with Gasteiger partial charge in [0.15, 0.2) is 0 Å². The summed E-state index contributed by atoms with van der Waals surface area (Å²) in [5.74, 6) is -4.37. The predicted molar refractivity (Wildman–Crippen MR) is 10.0 cm³/mol. The van der Waals surface area contributed by atoms with Crippen LogP contribution in [0, 0.1) is 0 Å². The third-order valence-corrected chi connectivity index (χ3v) is 0.167. The van der Waals surface area contributed by atoms with Crippen LogP contribution in [-0.4, -0.2) is 11.9 Å². The van der Waals surface area contributed by atoms with E-state index in [1.54, 1.807) is 0 Å². The van der Waals surface area contributed by atoms with Crippen molar-refractivity contribution in [1.82, 2.24) is 0 Å². The Labute approximate surface area is 119 Å². The van der Waals surface area contributed by atoms with Crippen molar-refractivity contribution in [2.75, 3.05) is 0 Å². The topological polar surface area (TPSA) is 80.3 Å². The molecule has 0 N–H and O–H groups in total. The SMILES string of the molecule is O=C([O-])C(=O)[O-].[Cs+].[Ti+4]. The van der Waals surface area contributed by atoms with Crippen LogP contribution in [0.1, 0.15) is 0 Å². The van der Waals surface area contributed by atoms with E-state index in [9.17, 15) is 0 Å². The van der Waals surface area contributed by atoms with E-state index in [-0.39, 0.29) is 90.6 Å². The number of carbonyl (C=O) groups is 2. The molecule has 0 aromatic carbocycles. The Morgan fingerprint density at radius 3 is 1.12 bits per heavy atom. The molecule has 8 heavy (non-hydrogen) atoms.